The minimum atomic E-state index is -0.763. The summed E-state index contributed by atoms with van der Waals surface area (Å²) in [6.45, 7) is 0. The highest BCUT2D eigenvalue weighted by molar-refractivity contribution is 6.34. The van der Waals surface area contributed by atoms with E-state index in [1.165, 1.54) is 0 Å². The summed E-state index contributed by atoms with van der Waals surface area (Å²) in [5.74, 6) is -0.859. The normalized spacial score (nSPS) is 23.1. The molecular weight excluding hydrogens is 266 g/mol. The molecule has 0 aromatic heterocycles. The molecule has 4 nitrogen and oxygen atoms in total. The number of hydrogen-bond donors (Lipinski definition) is 1. The van der Waals surface area contributed by atoms with E-state index in [9.17, 15) is 14.7 Å². The van der Waals surface area contributed by atoms with Gasteiger partial charge in [-0.05, 0) is 12.8 Å². The van der Waals surface area contributed by atoms with Crippen molar-refractivity contribution >= 4 is 17.4 Å². The molecule has 0 saturated heterocycles. The number of aliphatic imine (C=N–C) groups is 1. The van der Waals surface area contributed by atoms with E-state index in [0.29, 0.717) is 35.3 Å². The van der Waals surface area contributed by atoms with Crippen molar-refractivity contribution in [2.45, 2.75) is 32.1 Å². The van der Waals surface area contributed by atoms with Gasteiger partial charge in [0.1, 0.15) is 0 Å². The lowest BCUT2D eigenvalue weighted by Crippen LogP contribution is -2.35. The molecular formula is C17H15NO3. The van der Waals surface area contributed by atoms with Crippen LogP contribution in [0, 0.1) is 5.41 Å². The van der Waals surface area contributed by atoms with Gasteiger partial charge in [0.15, 0.2) is 5.76 Å². The van der Waals surface area contributed by atoms with Crippen molar-refractivity contribution in [1.82, 2.24) is 0 Å². The third-order valence-corrected chi connectivity index (χ3v) is 4.92. The highest BCUT2D eigenvalue weighted by Crippen LogP contribution is 2.51. The molecule has 21 heavy (non-hydrogen) atoms. The van der Waals surface area contributed by atoms with Crippen LogP contribution in [0.4, 0.5) is 0 Å². The van der Waals surface area contributed by atoms with E-state index >= 15 is 0 Å². The van der Waals surface area contributed by atoms with Gasteiger partial charge in [0.25, 0.3) is 5.91 Å². The minimum Gasteiger partial charge on any atom is -0.504 e. The predicted molar refractivity (Wildman–Crippen MR) is 77.5 cm³/mol. The first-order valence-electron chi connectivity index (χ1n) is 7.36. The number of carbonyl (C=O) groups excluding carboxylic acids is 2. The average Bonchev–Trinajstić information content (AvgIpc) is 2.79. The first-order valence-corrected chi connectivity index (χ1v) is 7.36. The smallest absolute Gasteiger partial charge is 0.257 e. The van der Waals surface area contributed by atoms with Crippen LogP contribution in [-0.4, -0.2) is 22.5 Å². The van der Waals surface area contributed by atoms with Crippen LogP contribution in [-0.2, 0) is 4.79 Å². The number of Topliss-reactive ketones (excluding diaryl/α,β-unsaturated/α-hetero) is 1. The fourth-order valence-electron chi connectivity index (χ4n) is 3.88. The van der Waals surface area contributed by atoms with Crippen molar-refractivity contribution in [1.29, 1.82) is 0 Å². The summed E-state index contributed by atoms with van der Waals surface area (Å²) >= 11 is 0. The number of fused-ring (bicyclic) bond motifs is 4. The lowest BCUT2D eigenvalue weighted by molar-refractivity contribution is -0.125. The van der Waals surface area contributed by atoms with Crippen LogP contribution >= 0.6 is 0 Å². The SMILES string of the molecule is O=C1C(O)=C2C(=NC(=O)C23CCCCC3)c2ccccc21. The predicted octanol–water partition coefficient (Wildman–Crippen LogP) is 2.97. The number of carbonyl (C=O) groups is 2. The second-order valence-corrected chi connectivity index (χ2v) is 6.01. The quantitative estimate of drug-likeness (QED) is 0.795. The zero-order valence-electron chi connectivity index (χ0n) is 11.6. The van der Waals surface area contributed by atoms with Crippen molar-refractivity contribution < 1.29 is 14.7 Å². The Morgan fingerprint density at radius 1 is 1.00 bits per heavy atom. The Kier molecular flexibility index (Phi) is 2.46. The summed E-state index contributed by atoms with van der Waals surface area (Å²) in [5, 5.41) is 10.4. The Hall–Kier alpha value is -2.23. The maximum atomic E-state index is 12.5. The van der Waals surface area contributed by atoms with E-state index in [-0.39, 0.29) is 17.4 Å². The summed E-state index contributed by atoms with van der Waals surface area (Å²) in [7, 11) is 0. The topological polar surface area (TPSA) is 66.7 Å². The van der Waals surface area contributed by atoms with E-state index in [1.54, 1.807) is 18.2 Å². The van der Waals surface area contributed by atoms with Gasteiger partial charge in [-0.15, -0.1) is 0 Å². The summed E-state index contributed by atoms with van der Waals surface area (Å²) < 4.78 is 0. The van der Waals surface area contributed by atoms with Gasteiger partial charge in [0.2, 0.25) is 5.78 Å². The molecule has 1 fully saturated rings. The Morgan fingerprint density at radius 2 is 1.67 bits per heavy atom. The fraction of sp³-hybridized carbons (Fsp3) is 0.353. The zero-order chi connectivity index (χ0) is 14.6. The third kappa shape index (κ3) is 1.47. The van der Waals surface area contributed by atoms with E-state index in [0.717, 1.165) is 19.3 Å². The number of aliphatic hydroxyl groups is 1. The van der Waals surface area contributed by atoms with Crippen LogP contribution in [0.15, 0.2) is 40.6 Å². The second-order valence-electron chi connectivity index (χ2n) is 6.01. The van der Waals surface area contributed by atoms with Crippen molar-refractivity contribution in [3.05, 3.63) is 46.7 Å². The van der Waals surface area contributed by atoms with E-state index < -0.39 is 5.41 Å². The lowest BCUT2D eigenvalue weighted by atomic mass is 9.66. The molecule has 0 atom stereocenters. The zero-order valence-corrected chi connectivity index (χ0v) is 11.6. The van der Waals surface area contributed by atoms with Crippen LogP contribution < -0.4 is 0 Å². The van der Waals surface area contributed by atoms with Crippen LogP contribution in [0.1, 0.15) is 48.0 Å². The van der Waals surface area contributed by atoms with Crippen LogP contribution in [0.5, 0.6) is 0 Å². The van der Waals surface area contributed by atoms with Gasteiger partial charge in [-0.1, -0.05) is 43.5 Å². The first kappa shape index (κ1) is 12.5. The summed E-state index contributed by atoms with van der Waals surface area (Å²) in [5.41, 5.74) is 1.33. The Morgan fingerprint density at radius 3 is 2.38 bits per heavy atom. The van der Waals surface area contributed by atoms with Crippen molar-refractivity contribution in [2.24, 2.45) is 10.4 Å². The molecule has 1 aromatic rings. The monoisotopic (exact) mass is 281 g/mol. The van der Waals surface area contributed by atoms with Crippen LogP contribution in [0.25, 0.3) is 0 Å². The van der Waals surface area contributed by atoms with Gasteiger partial charge >= 0.3 is 0 Å². The number of benzene rings is 1. The maximum Gasteiger partial charge on any atom is 0.257 e. The molecule has 106 valence electrons. The van der Waals surface area contributed by atoms with E-state index in [2.05, 4.69) is 4.99 Å². The summed E-state index contributed by atoms with van der Waals surface area (Å²) in [6, 6.07) is 7.05. The molecule has 1 spiro atoms. The lowest BCUT2D eigenvalue weighted by Gasteiger charge is -2.34. The highest BCUT2D eigenvalue weighted by atomic mass is 16.3. The first-order chi connectivity index (χ1) is 10.1. The summed E-state index contributed by atoms with van der Waals surface area (Å²) in [4.78, 5) is 29.2. The van der Waals surface area contributed by atoms with Crippen molar-refractivity contribution in [2.75, 3.05) is 0 Å². The molecule has 1 amide bonds. The van der Waals surface area contributed by atoms with Gasteiger partial charge in [0, 0.05) is 16.7 Å². The number of amides is 1. The van der Waals surface area contributed by atoms with Gasteiger partial charge in [0.05, 0.1) is 11.1 Å². The van der Waals surface area contributed by atoms with Gasteiger partial charge < -0.3 is 5.11 Å². The molecule has 3 aliphatic rings. The average molecular weight is 281 g/mol. The minimum absolute atomic E-state index is 0.191. The number of rotatable bonds is 0. The van der Waals surface area contributed by atoms with Gasteiger partial charge in [-0.3, -0.25) is 9.59 Å². The molecule has 0 unspecified atom stereocenters. The third-order valence-electron chi connectivity index (χ3n) is 4.92. The molecule has 0 bridgehead atoms. The van der Waals surface area contributed by atoms with Gasteiger partial charge in [-0.2, -0.15) is 0 Å². The highest BCUT2D eigenvalue weighted by Gasteiger charge is 2.53. The standard InChI is InChI=1S/C17H15NO3/c19-14-11-7-3-2-6-10(11)13-12(15(14)20)17(16(21)18-13)8-4-1-5-9-17/h2-3,6-7,20H,1,4-5,8-9H2. The largest absolute Gasteiger partial charge is 0.504 e. The molecule has 4 rings (SSSR count). The van der Waals surface area contributed by atoms with Gasteiger partial charge in [-0.25, -0.2) is 4.99 Å². The Labute approximate surface area is 122 Å². The molecule has 4 heteroatoms. The van der Waals surface area contributed by atoms with E-state index in [1.807, 2.05) is 6.07 Å². The second kappa shape index (κ2) is 4.13. The molecule has 1 heterocycles. The van der Waals surface area contributed by atoms with Crippen molar-refractivity contribution in [3.8, 4) is 0 Å². The molecule has 1 aromatic carbocycles. The van der Waals surface area contributed by atoms with Crippen LogP contribution in [0.2, 0.25) is 0 Å². The molecule has 1 aliphatic heterocycles. The molecule has 1 N–H and O–H groups in total. The Bertz CT molecular complexity index is 736. The summed E-state index contributed by atoms with van der Waals surface area (Å²) in [6.07, 6.45) is 4.30. The molecule has 1 saturated carbocycles. The molecule has 0 radical (unpaired) electrons. The number of allylic oxidation sites excluding steroid dienone is 1. The van der Waals surface area contributed by atoms with Crippen molar-refractivity contribution in [3.63, 3.8) is 0 Å². The fourth-order valence-corrected chi connectivity index (χ4v) is 3.88. The number of aliphatic hydroxyl groups excluding tert-OH is 1. The number of ketones is 1. The maximum absolute atomic E-state index is 12.5. The van der Waals surface area contributed by atoms with E-state index in [4.69, 9.17) is 0 Å². The number of nitrogens with zero attached hydrogens (tertiary/aromatic N) is 1. The molecule has 2 aliphatic carbocycles. The van der Waals surface area contributed by atoms with Crippen LogP contribution in [0.3, 0.4) is 0 Å². The Balaban J connectivity index is 1.98. The number of hydrogen-bond acceptors (Lipinski definition) is 3.